The number of hydrogen-bond donors (Lipinski definition) is 1. The van der Waals surface area contributed by atoms with E-state index in [4.69, 9.17) is 32.5 Å². The van der Waals surface area contributed by atoms with Gasteiger partial charge in [0.1, 0.15) is 18.1 Å². The van der Waals surface area contributed by atoms with Crippen molar-refractivity contribution in [1.82, 2.24) is 10.5 Å². The Kier molecular flexibility index (Phi) is 7.15. The first-order valence-corrected chi connectivity index (χ1v) is 11.2. The van der Waals surface area contributed by atoms with Crippen molar-refractivity contribution in [2.24, 2.45) is 0 Å². The molecule has 1 aromatic heterocycles. The van der Waals surface area contributed by atoms with Gasteiger partial charge in [-0.15, -0.1) is 0 Å². The lowest BCUT2D eigenvalue weighted by molar-refractivity contribution is 0.306. The molecule has 0 spiro atoms. The highest BCUT2D eigenvalue weighted by molar-refractivity contribution is 6.32. The second-order valence-corrected chi connectivity index (χ2v) is 8.34. The molecule has 0 unspecified atom stereocenters. The lowest BCUT2D eigenvalue weighted by atomic mass is 9.98. The van der Waals surface area contributed by atoms with Gasteiger partial charge in [-0.1, -0.05) is 77.7 Å². The number of hydrogen-bond acceptors (Lipinski definition) is 4. The molecule has 0 bridgehead atoms. The lowest BCUT2D eigenvalue weighted by Gasteiger charge is -2.14. The standard InChI is InChI=1S/C26H24Cl2N2O2/c1-3-29-15-23-25(19-10-7-11-20(27)13-19)26(32-30-23)21-14-22(28)17(2)12-24(21)31-16-18-8-5-4-6-9-18/h4-14,29H,3,15-16H2,1-2H3. The molecule has 32 heavy (non-hydrogen) atoms. The van der Waals surface area contributed by atoms with E-state index in [1.165, 1.54) is 0 Å². The average molecular weight is 467 g/mol. The minimum atomic E-state index is 0.430. The summed E-state index contributed by atoms with van der Waals surface area (Å²) in [6, 6.07) is 21.5. The molecule has 0 saturated carbocycles. The van der Waals surface area contributed by atoms with E-state index >= 15 is 0 Å². The van der Waals surface area contributed by atoms with E-state index in [9.17, 15) is 0 Å². The second kappa shape index (κ2) is 10.2. The first-order valence-electron chi connectivity index (χ1n) is 10.5. The third-order valence-electron chi connectivity index (χ3n) is 5.16. The van der Waals surface area contributed by atoms with Gasteiger partial charge in [0.25, 0.3) is 0 Å². The van der Waals surface area contributed by atoms with Gasteiger partial charge < -0.3 is 14.6 Å². The van der Waals surface area contributed by atoms with Crippen LogP contribution in [0.2, 0.25) is 10.0 Å². The zero-order chi connectivity index (χ0) is 22.5. The van der Waals surface area contributed by atoms with Gasteiger partial charge in [-0.05, 0) is 54.4 Å². The van der Waals surface area contributed by atoms with Crippen molar-refractivity contribution >= 4 is 23.2 Å². The highest BCUT2D eigenvalue weighted by Crippen LogP contribution is 2.42. The normalized spacial score (nSPS) is 11.0. The summed E-state index contributed by atoms with van der Waals surface area (Å²) in [5.41, 5.74) is 5.35. The zero-order valence-electron chi connectivity index (χ0n) is 18.0. The molecule has 0 aliphatic carbocycles. The van der Waals surface area contributed by atoms with Crippen molar-refractivity contribution in [3.8, 4) is 28.2 Å². The van der Waals surface area contributed by atoms with Crippen molar-refractivity contribution in [2.45, 2.75) is 27.0 Å². The molecule has 4 nitrogen and oxygen atoms in total. The van der Waals surface area contributed by atoms with Crippen molar-refractivity contribution < 1.29 is 9.26 Å². The fourth-order valence-electron chi connectivity index (χ4n) is 3.50. The molecule has 0 aliphatic rings. The Hall–Kier alpha value is -2.79. The molecule has 0 saturated heterocycles. The molecule has 6 heteroatoms. The Morgan fingerprint density at radius 1 is 1.00 bits per heavy atom. The quantitative estimate of drug-likeness (QED) is 0.295. The summed E-state index contributed by atoms with van der Waals surface area (Å²) < 4.78 is 12.1. The van der Waals surface area contributed by atoms with Crippen LogP contribution >= 0.6 is 23.2 Å². The van der Waals surface area contributed by atoms with Crippen LogP contribution in [0.1, 0.15) is 23.7 Å². The lowest BCUT2D eigenvalue weighted by Crippen LogP contribution is -2.12. The molecule has 4 rings (SSSR count). The summed E-state index contributed by atoms with van der Waals surface area (Å²) in [5.74, 6) is 1.29. The predicted molar refractivity (Wildman–Crippen MR) is 130 cm³/mol. The number of ether oxygens (including phenoxy) is 1. The van der Waals surface area contributed by atoms with Gasteiger partial charge in [0.2, 0.25) is 0 Å². The molecule has 0 atom stereocenters. The van der Waals surface area contributed by atoms with Crippen molar-refractivity contribution in [3.05, 3.63) is 93.6 Å². The number of halogens is 2. The third-order valence-corrected chi connectivity index (χ3v) is 5.80. The largest absolute Gasteiger partial charge is 0.488 e. The first kappa shape index (κ1) is 22.4. The minimum Gasteiger partial charge on any atom is -0.488 e. The molecule has 0 amide bonds. The van der Waals surface area contributed by atoms with Crippen molar-refractivity contribution in [1.29, 1.82) is 0 Å². The fourth-order valence-corrected chi connectivity index (χ4v) is 3.85. The van der Waals surface area contributed by atoms with Crippen LogP contribution < -0.4 is 10.1 Å². The highest BCUT2D eigenvalue weighted by atomic mass is 35.5. The number of nitrogens with one attached hydrogen (secondary N) is 1. The van der Waals surface area contributed by atoms with E-state index in [0.29, 0.717) is 34.7 Å². The highest BCUT2D eigenvalue weighted by Gasteiger charge is 2.23. The fraction of sp³-hybridized carbons (Fsp3) is 0.192. The average Bonchev–Trinajstić information content (AvgIpc) is 3.22. The predicted octanol–water partition coefficient (Wildman–Crippen LogP) is 7.31. The van der Waals surface area contributed by atoms with E-state index in [-0.39, 0.29) is 0 Å². The SMILES string of the molecule is CCNCc1noc(-c2cc(Cl)c(C)cc2OCc2ccccc2)c1-c1cccc(Cl)c1. The van der Waals surface area contributed by atoms with Crippen molar-refractivity contribution in [3.63, 3.8) is 0 Å². The molecular weight excluding hydrogens is 443 g/mol. The van der Waals surface area contributed by atoms with E-state index in [1.54, 1.807) is 0 Å². The van der Waals surface area contributed by atoms with Crippen LogP contribution in [0, 0.1) is 6.92 Å². The Bertz CT molecular complexity index is 1210. The van der Waals surface area contributed by atoms with E-state index < -0.39 is 0 Å². The van der Waals surface area contributed by atoms with Crippen LogP contribution in [0.5, 0.6) is 5.75 Å². The maximum Gasteiger partial charge on any atom is 0.178 e. The zero-order valence-corrected chi connectivity index (χ0v) is 19.5. The van der Waals surface area contributed by atoms with Gasteiger partial charge in [0.15, 0.2) is 5.76 Å². The second-order valence-electron chi connectivity index (χ2n) is 7.50. The molecule has 0 aliphatic heterocycles. The van der Waals surface area contributed by atoms with Gasteiger partial charge in [0.05, 0.1) is 11.1 Å². The molecule has 1 heterocycles. The van der Waals surface area contributed by atoms with Crippen LogP contribution in [-0.2, 0) is 13.2 Å². The van der Waals surface area contributed by atoms with Crippen LogP contribution in [0.25, 0.3) is 22.5 Å². The molecule has 0 fully saturated rings. The first-order chi connectivity index (χ1) is 15.6. The summed E-state index contributed by atoms with van der Waals surface area (Å²) in [6.07, 6.45) is 0. The maximum atomic E-state index is 6.52. The summed E-state index contributed by atoms with van der Waals surface area (Å²) >= 11 is 12.8. The molecule has 4 aromatic rings. The number of nitrogens with zero attached hydrogens (tertiary/aromatic N) is 1. The smallest absolute Gasteiger partial charge is 0.178 e. The number of benzene rings is 3. The van der Waals surface area contributed by atoms with Gasteiger partial charge in [-0.2, -0.15) is 0 Å². The topological polar surface area (TPSA) is 47.3 Å². The van der Waals surface area contributed by atoms with E-state index in [1.807, 2.05) is 73.7 Å². The Labute approximate surface area is 198 Å². The molecule has 0 radical (unpaired) electrons. The maximum absolute atomic E-state index is 6.52. The number of rotatable bonds is 8. The van der Waals surface area contributed by atoms with Gasteiger partial charge >= 0.3 is 0 Å². The Morgan fingerprint density at radius 3 is 2.56 bits per heavy atom. The van der Waals surface area contributed by atoms with Gasteiger partial charge in [-0.3, -0.25) is 0 Å². The molecule has 1 N–H and O–H groups in total. The van der Waals surface area contributed by atoms with Crippen LogP contribution in [-0.4, -0.2) is 11.7 Å². The Balaban J connectivity index is 1.82. The van der Waals surface area contributed by atoms with Crippen LogP contribution in [0.4, 0.5) is 0 Å². The summed E-state index contributed by atoms with van der Waals surface area (Å²) in [5, 5.41) is 8.97. The number of aryl methyl sites for hydroxylation is 1. The third kappa shape index (κ3) is 4.99. The summed E-state index contributed by atoms with van der Waals surface area (Å²) in [7, 11) is 0. The van der Waals surface area contributed by atoms with Crippen LogP contribution in [0.3, 0.4) is 0 Å². The van der Waals surface area contributed by atoms with Crippen molar-refractivity contribution in [2.75, 3.05) is 6.54 Å². The monoisotopic (exact) mass is 466 g/mol. The summed E-state index contributed by atoms with van der Waals surface area (Å²) in [4.78, 5) is 0. The molecular formula is C26H24Cl2N2O2. The molecule has 3 aromatic carbocycles. The van der Waals surface area contributed by atoms with Gasteiger partial charge in [0, 0.05) is 16.6 Å². The minimum absolute atomic E-state index is 0.430. The van der Waals surface area contributed by atoms with Crippen LogP contribution in [0.15, 0.2) is 71.3 Å². The number of aromatic nitrogens is 1. The van der Waals surface area contributed by atoms with E-state index in [2.05, 4.69) is 17.4 Å². The van der Waals surface area contributed by atoms with E-state index in [0.717, 1.165) is 40.1 Å². The molecule has 164 valence electrons. The Morgan fingerprint density at radius 2 is 1.81 bits per heavy atom. The summed E-state index contributed by atoms with van der Waals surface area (Å²) in [6.45, 7) is 5.83. The van der Waals surface area contributed by atoms with Gasteiger partial charge in [-0.25, -0.2) is 0 Å².